The number of hydrogen-bond acceptors (Lipinski definition) is 2. The van der Waals surface area contributed by atoms with Gasteiger partial charge in [-0.2, -0.15) is 0 Å². The van der Waals surface area contributed by atoms with Crippen molar-refractivity contribution >= 4 is 11.6 Å². The lowest BCUT2D eigenvalue weighted by molar-refractivity contribution is -0.919. The number of carbonyl (C=O) groups is 1. The fraction of sp³-hybridized carbons (Fsp3) is 0.519. The number of piperidine rings is 1. The van der Waals surface area contributed by atoms with Crippen LogP contribution in [0.25, 0.3) is 0 Å². The zero-order valence-electron chi connectivity index (χ0n) is 19.5. The summed E-state index contributed by atoms with van der Waals surface area (Å²) in [6.07, 6.45) is 3.15. The highest BCUT2D eigenvalue weighted by Gasteiger charge is 2.32. The molecule has 2 aromatic carbocycles. The number of amides is 1. The first-order chi connectivity index (χ1) is 15.0. The van der Waals surface area contributed by atoms with Crippen LogP contribution < -0.4 is 9.80 Å². The molecule has 166 valence electrons. The highest BCUT2D eigenvalue weighted by molar-refractivity contribution is 5.79. The molecule has 0 spiro atoms. The maximum absolute atomic E-state index is 13.2. The van der Waals surface area contributed by atoms with Gasteiger partial charge in [-0.05, 0) is 43.0 Å². The van der Waals surface area contributed by atoms with E-state index in [1.165, 1.54) is 27.9 Å². The number of carbonyl (C=O) groups excluding carboxylic acids is 1. The van der Waals surface area contributed by atoms with E-state index in [1.54, 1.807) is 4.90 Å². The second-order valence-electron chi connectivity index (χ2n) is 9.40. The van der Waals surface area contributed by atoms with Crippen LogP contribution in [0.5, 0.6) is 0 Å². The van der Waals surface area contributed by atoms with Crippen LogP contribution in [-0.4, -0.2) is 50.1 Å². The van der Waals surface area contributed by atoms with Crippen molar-refractivity contribution in [3.8, 4) is 0 Å². The molecule has 31 heavy (non-hydrogen) atoms. The van der Waals surface area contributed by atoms with Crippen LogP contribution in [-0.2, 0) is 17.8 Å². The van der Waals surface area contributed by atoms with Gasteiger partial charge in [0.05, 0.1) is 13.1 Å². The number of likely N-dealkylation sites (tertiary alicyclic amines) is 1. The third-order valence-electron chi connectivity index (χ3n) is 7.44. The highest BCUT2D eigenvalue weighted by atomic mass is 16.2. The predicted octanol–water partition coefficient (Wildman–Crippen LogP) is 3.01. The minimum atomic E-state index is 0.221. The standard InChI is InChI=1S/C27H37N3O/c1-4-23-8-10-24(11-9-23)20-28-14-12-25(13-15-28)27(31)30-18-16-29(17-19-30)26-7-5-6-21(2)22(26)3/h5-11,25H,4,12-20H2,1-3H3/p+1. The summed E-state index contributed by atoms with van der Waals surface area (Å²) in [7, 11) is 0. The molecule has 4 nitrogen and oxygen atoms in total. The molecule has 0 saturated carbocycles. The number of aryl methyl sites for hydroxylation is 2. The summed E-state index contributed by atoms with van der Waals surface area (Å²) in [5, 5.41) is 0. The summed E-state index contributed by atoms with van der Waals surface area (Å²) in [6, 6.07) is 15.6. The molecule has 2 aliphatic heterocycles. The van der Waals surface area contributed by atoms with Gasteiger partial charge in [-0.15, -0.1) is 0 Å². The van der Waals surface area contributed by atoms with Gasteiger partial charge in [0.2, 0.25) is 5.91 Å². The van der Waals surface area contributed by atoms with E-state index in [4.69, 9.17) is 0 Å². The van der Waals surface area contributed by atoms with E-state index in [1.807, 2.05) is 0 Å². The average Bonchev–Trinajstić information content (AvgIpc) is 2.81. The quantitative estimate of drug-likeness (QED) is 0.805. The van der Waals surface area contributed by atoms with Gasteiger partial charge >= 0.3 is 0 Å². The van der Waals surface area contributed by atoms with Crippen molar-refractivity contribution < 1.29 is 9.69 Å². The van der Waals surface area contributed by atoms with Gasteiger partial charge in [0, 0.05) is 56.2 Å². The van der Waals surface area contributed by atoms with Gasteiger partial charge in [-0.3, -0.25) is 4.79 Å². The predicted molar refractivity (Wildman–Crippen MR) is 128 cm³/mol. The molecule has 0 radical (unpaired) electrons. The smallest absolute Gasteiger partial charge is 0.226 e. The van der Waals surface area contributed by atoms with Gasteiger partial charge in [-0.25, -0.2) is 0 Å². The number of anilines is 1. The Kier molecular flexibility index (Phi) is 6.96. The lowest BCUT2D eigenvalue weighted by atomic mass is 9.94. The van der Waals surface area contributed by atoms with Crippen LogP contribution in [0, 0.1) is 19.8 Å². The molecule has 0 unspecified atom stereocenters. The zero-order chi connectivity index (χ0) is 21.8. The summed E-state index contributed by atoms with van der Waals surface area (Å²) in [6.45, 7) is 13.4. The van der Waals surface area contributed by atoms with Crippen molar-refractivity contribution in [3.05, 3.63) is 64.7 Å². The normalized spacial score (nSPS) is 21.9. The Balaban J connectivity index is 1.25. The molecule has 2 saturated heterocycles. The SMILES string of the molecule is CCc1ccc(C[NH+]2CCC(C(=O)N3CCN(c4cccc(C)c4C)CC3)CC2)cc1. The second kappa shape index (κ2) is 9.86. The van der Waals surface area contributed by atoms with Crippen molar-refractivity contribution in [2.75, 3.05) is 44.2 Å². The van der Waals surface area contributed by atoms with E-state index in [2.05, 4.69) is 73.0 Å². The Morgan fingerprint density at radius 3 is 2.23 bits per heavy atom. The Bertz CT molecular complexity index is 876. The Labute approximate surface area is 187 Å². The largest absolute Gasteiger partial charge is 0.368 e. The fourth-order valence-corrected chi connectivity index (χ4v) is 5.14. The molecule has 1 N–H and O–H groups in total. The lowest BCUT2D eigenvalue weighted by Crippen LogP contribution is -3.11. The van der Waals surface area contributed by atoms with Crippen LogP contribution in [0.1, 0.15) is 42.0 Å². The number of benzene rings is 2. The molecule has 2 fully saturated rings. The van der Waals surface area contributed by atoms with Crippen molar-refractivity contribution in [1.82, 2.24) is 4.90 Å². The van der Waals surface area contributed by atoms with E-state index in [0.717, 1.165) is 65.1 Å². The Morgan fingerprint density at radius 2 is 1.58 bits per heavy atom. The third-order valence-corrected chi connectivity index (χ3v) is 7.44. The summed E-state index contributed by atoms with van der Waals surface area (Å²) in [5.74, 6) is 0.616. The van der Waals surface area contributed by atoms with Gasteiger partial charge in [0.25, 0.3) is 0 Å². The van der Waals surface area contributed by atoms with Gasteiger partial charge in [0.15, 0.2) is 0 Å². The van der Waals surface area contributed by atoms with E-state index in [0.29, 0.717) is 5.91 Å². The minimum Gasteiger partial charge on any atom is -0.368 e. The summed E-state index contributed by atoms with van der Waals surface area (Å²) < 4.78 is 0. The molecule has 4 heteroatoms. The molecule has 1 amide bonds. The first kappa shape index (κ1) is 21.9. The molecular weight excluding hydrogens is 382 g/mol. The summed E-state index contributed by atoms with van der Waals surface area (Å²) in [5.41, 5.74) is 6.85. The molecule has 2 aliphatic rings. The molecule has 0 aromatic heterocycles. The molecule has 2 heterocycles. The maximum Gasteiger partial charge on any atom is 0.226 e. The van der Waals surface area contributed by atoms with Gasteiger partial charge in [0.1, 0.15) is 6.54 Å². The van der Waals surface area contributed by atoms with E-state index >= 15 is 0 Å². The van der Waals surface area contributed by atoms with Crippen molar-refractivity contribution in [1.29, 1.82) is 0 Å². The minimum absolute atomic E-state index is 0.221. The molecule has 0 bridgehead atoms. The number of hydrogen-bond donors (Lipinski definition) is 1. The number of nitrogens with zero attached hydrogens (tertiary/aromatic N) is 2. The molecule has 2 aromatic rings. The highest BCUT2D eigenvalue weighted by Crippen LogP contribution is 2.24. The van der Waals surface area contributed by atoms with Crippen molar-refractivity contribution in [3.63, 3.8) is 0 Å². The lowest BCUT2D eigenvalue weighted by Gasteiger charge is -2.39. The molecular formula is C27H38N3O+. The van der Waals surface area contributed by atoms with E-state index < -0.39 is 0 Å². The van der Waals surface area contributed by atoms with Crippen LogP contribution in [0.2, 0.25) is 0 Å². The Morgan fingerprint density at radius 1 is 0.935 bits per heavy atom. The number of quaternary nitrogens is 1. The molecule has 4 rings (SSSR count). The van der Waals surface area contributed by atoms with Crippen molar-refractivity contribution in [2.24, 2.45) is 5.92 Å². The topological polar surface area (TPSA) is 28.0 Å². The monoisotopic (exact) mass is 420 g/mol. The number of nitrogens with one attached hydrogen (secondary N) is 1. The second-order valence-corrected chi connectivity index (χ2v) is 9.40. The molecule has 0 atom stereocenters. The first-order valence-corrected chi connectivity index (χ1v) is 12.1. The Hall–Kier alpha value is -2.33. The third kappa shape index (κ3) is 5.12. The number of piperazine rings is 1. The first-order valence-electron chi connectivity index (χ1n) is 12.1. The van der Waals surface area contributed by atoms with E-state index in [9.17, 15) is 4.79 Å². The van der Waals surface area contributed by atoms with Crippen LogP contribution in [0.4, 0.5) is 5.69 Å². The van der Waals surface area contributed by atoms with Crippen molar-refractivity contribution in [2.45, 2.75) is 46.6 Å². The summed E-state index contributed by atoms with van der Waals surface area (Å²) in [4.78, 5) is 19.3. The van der Waals surface area contributed by atoms with Crippen LogP contribution >= 0.6 is 0 Å². The maximum atomic E-state index is 13.2. The zero-order valence-corrected chi connectivity index (χ0v) is 19.5. The fourth-order valence-electron chi connectivity index (χ4n) is 5.14. The average molecular weight is 421 g/mol. The van der Waals surface area contributed by atoms with Gasteiger partial charge in [-0.1, -0.05) is 43.3 Å². The van der Waals surface area contributed by atoms with Crippen LogP contribution in [0.15, 0.2) is 42.5 Å². The number of rotatable bonds is 5. The van der Waals surface area contributed by atoms with E-state index in [-0.39, 0.29) is 5.92 Å². The van der Waals surface area contributed by atoms with Gasteiger partial charge < -0.3 is 14.7 Å². The molecule has 0 aliphatic carbocycles. The summed E-state index contributed by atoms with van der Waals surface area (Å²) >= 11 is 0. The van der Waals surface area contributed by atoms with Crippen LogP contribution in [0.3, 0.4) is 0 Å².